The number of rotatable bonds is 20. The van der Waals surface area contributed by atoms with E-state index in [2.05, 4.69) is 5.32 Å². The Labute approximate surface area is 342 Å². The van der Waals surface area contributed by atoms with E-state index in [0.29, 0.717) is 32.2 Å². The van der Waals surface area contributed by atoms with Gasteiger partial charge in [-0.05, 0) is 12.8 Å². The maximum absolute atomic E-state index is 11.8. The van der Waals surface area contributed by atoms with Gasteiger partial charge in [0.25, 0.3) is 0 Å². The van der Waals surface area contributed by atoms with Crippen molar-refractivity contribution in [2.75, 3.05) is 45.3 Å². The predicted molar refractivity (Wildman–Crippen MR) is 192 cm³/mol. The minimum atomic E-state index is -2.00. The summed E-state index contributed by atoms with van der Waals surface area (Å²) in [5.74, 6) is -0.273. The number of aliphatic hydroxyl groups excluding tert-OH is 13. The van der Waals surface area contributed by atoms with Crippen LogP contribution in [0.5, 0.6) is 0 Å². The molecule has 4 fully saturated rings. The summed E-state index contributed by atoms with van der Waals surface area (Å²) in [5, 5.41) is 138. The van der Waals surface area contributed by atoms with Gasteiger partial charge in [-0.2, -0.15) is 0 Å². The highest BCUT2D eigenvalue weighted by atomic mass is 32.2. The van der Waals surface area contributed by atoms with Crippen LogP contribution in [0.2, 0.25) is 0 Å². The number of hydrogen-bond donors (Lipinski definition) is 14. The maximum atomic E-state index is 11.8. The molecule has 14 N–H and O–H groups in total. The Bertz CT molecular complexity index is 1270. The predicted octanol–water partition coefficient (Wildman–Crippen LogP) is -7.77. The van der Waals surface area contributed by atoms with Gasteiger partial charge in [0.15, 0.2) is 30.3 Å². The third kappa shape index (κ3) is 12.9. The molecule has 0 saturated carbocycles. The first-order valence-corrected chi connectivity index (χ1v) is 20.2. The highest BCUT2D eigenvalue weighted by Crippen LogP contribution is 2.35. The zero-order valence-electron chi connectivity index (χ0n) is 32.1. The van der Waals surface area contributed by atoms with Crippen LogP contribution in [0.25, 0.3) is 0 Å². The normalized spacial score (nSPS) is 43.0. The van der Waals surface area contributed by atoms with Crippen molar-refractivity contribution in [1.29, 1.82) is 0 Å². The molecule has 0 unspecified atom stereocenters. The first kappa shape index (κ1) is 50.3. The fourth-order valence-corrected chi connectivity index (χ4v) is 7.29. The van der Waals surface area contributed by atoms with Gasteiger partial charge in [-0.3, -0.25) is 9.59 Å². The number of ether oxygens (including phenoxy) is 8. The van der Waals surface area contributed by atoms with E-state index in [9.17, 15) is 76.0 Å². The van der Waals surface area contributed by atoms with Crippen LogP contribution in [0.15, 0.2) is 0 Å². The lowest BCUT2D eigenvalue weighted by atomic mass is 9.95. The molecule has 4 saturated heterocycles. The van der Waals surface area contributed by atoms with Crippen LogP contribution in [0.1, 0.15) is 32.6 Å². The topological polar surface area (TPSA) is 383 Å². The second-order valence-electron chi connectivity index (χ2n) is 14.5. The highest BCUT2D eigenvalue weighted by molar-refractivity contribution is 8.14. The van der Waals surface area contributed by atoms with E-state index in [1.807, 2.05) is 0 Å². The van der Waals surface area contributed by atoms with E-state index in [1.54, 1.807) is 0 Å². The van der Waals surface area contributed by atoms with E-state index in [0.717, 1.165) is 11.8 Å². The minimum Gasteiger partial charge on any atom is -0.394 e. The zero-order valence-corrected chi connectivity index (χ0v) is 32.9. The molecule has 0 aromatic heterocycles. The lowest BCUT2D eigenvalue weighted by molar-refractivity contribution is -0.402. The Morgan fingerprint density at radius 3 is 1.47 bits per heavy atom. The van der Waals surface area contributed by atoms with Crippen molar-refractivity contribution < 1.29 is 114 Å². The maximum Gasteiger partial charge on any atom is 0.230 e. The van der Waals surface area contributed by atoms with Crippen LogP contribution in [-0.4, -0.2) is 246 Å². The largest absolute Gasteiger partial charge is 0.394 e. The van der Waals surface area contributed by atoms with Gasteiger partial charge < -0.3 is 110 Å². The van der Waals surface area contributed by atoms with Gasteiger partial charge in [-0.15, -0.1) is 0 Å². The van der Waals surface area contributed by atoms with Gasteiger partial charge in [-0.1, -0.05) is 24.6 Å². The number of nitrogens with one attached hydrogen (secondary N) is 1. The van der Waals surface area contributed by atoms with E-state index in [-0.39, 0.29) is 23.4 Å². The van der Waals surface area contributed by atoms with Gasteiger partial charge in [0, 0.05) is 20.1 Å². The van der Waals surface area contributed by atoms with Crippen molar-refractivity contribution in [3.8, 4) is 0 Å². The standard InChI is InChI=1S/C34H59NO23S/c1-13(40)59-12-18(41)35-6-4-2-3-5-7-51-33-30(27(50)28(17(11-39)55-33)56-31-25(48)22(45)19(42)14(8-36)52-31)58-34-29(24(47)21(44)16(10-38)54-34)57-32-26(49)23(46)20(43)15(9-37)53-32/h14-17,19-34,36-39,42-50H,2-12H2,1H3,(H,35,41)/t14-,15-,16-,17-,19+,20-,21-,22+,23+,24+,25-,26+,27+,28-,29+,30+,31+,32-,33+,34-/m1/s1. The van der Waals surface area contributed by atoms with Crippen molar-refractivity contribution in [2.45, 2.75) is 155 Å². The molecule has 0 aliphatic carbocycles. The number of carbonyl (C=O) groups excluding carboxylic acids is 2. The number of carbonyl (C=O) groups is 2. The molecule has 20 atom stereocenters. The van der Waals surface area contributed by atoms with Crippen LogP contribution in [0.4, 0.5) is 0 Å². The second-order valence-corrected chi connectivity index (χ2v) is 15.7. The monoisotopic (exact) mass is 881 g/mol. The third-order valence-electron chi connectivity index (χ3n) is 10.3. The summed E-state index contributed by atoms with van der Waals surface area (Å²) in [7, 11) is 0. The molecule has 4 heterocycles. The molecule has 4 aliphatic rings. The van der Waals surface area contributed by atoms with Gasteiger partial charge >= 0.3 is 0 Å². The Hall–Kier alpha value is -1.35. The zero-order chi connectivity index (χ0) is 43.6. The molecule has 1 amide bonds. The van der Waals surface area contributed by atoms with E-state index in [4.69, 9.17) is 37.9 Å². The van der Waals surface area contributed by atoms with Gasteiger partial charge in [-0.25, -0.2) is 0 Å². The van der Waals surface area contributed by atoms with E-state index < -0.39 is 149 Å². The van der Waals surface area contributed by atoms with Crippen molar-refractivity contribution in [3.63, 3.8) is 0 Å². The lowest BCUT2D eigenvalue weighted by Crippen LogP contribution is -2.68. The van der Waals surface area contributed by atoms with Crippen molar-refractivity contribution in [1.82, 2.24) is 5.32 Å². The van der Waals surface area contributed by atoms with Crippen molar-refractivity contribution in [3.05, 3.63) is 0 Å². The van der Waals surface area contributed by atoms with Crippen LogP contribution < -0.4 is 5.32 Å². The fraction of sp³-hybridized carbons (Fsp3) is 0.941. The SMILES string of the molecule is CC(=O)SCC(=O)NCCCCCCO[C@H]1O[C@H](CO)[C@@H](O[C@@H]2O[C@H](CO)[C@H](O)[C@H](O)[C@H]2O)[C@H](O)[C@@H]1O[C@H]1O[C@H](CO)[C@@H](O)[C@H](O)[C@@H]1O[C@H]1O[C@H](CO)[C@@H](O)[C@H](O)[C@@H]1O. The van der Waals surface area contributed by atoms with Crippen LogP contribution in [0.3, 0.4) is 0 Å². The molecule has 0 aromatic rings. The third-order valence-corrected chi connectivity index (χ3v) is 11.1. The Morgan fingerprint density at radius 2 is 0.949 bits per heavy atom. The Balaban J connectivity index is 1.53. The van der Waals surface area contributed by atoms with Crippen LogP contribution in [0, 0.1) is 0 Å². The Kier molecular flexibility index (Phi) is 20.4. The summed E-state index contributed by atoms with van der Waals surface area (Å²) in [5.41, 5.74) is 0. The first-order valence-electron chi connectivity index (χ1n) is 19.2. The molecule has 59 heavy (non-hydrogen) atoms. The molecule has 0 bridgehead atoms. The number of hydrogen-bond acceptors (Lipinski definition) is 24. The average molecular weight is 882 g/mol. The average Bonchev–Trinajstić information content (AvgIpc) is 3.22. The van der Waals surface area contributed by atoms with Gasteiger partial charge in [0.05, 0.1) is 32.2 Å². The summed E-state index contributed by atoms with van der Waals surface area (Å²) in [6.45, 7) is -1.71. The smallest absolute Gasteiger partial charge is 0.230 e. The molecule has 25 heteroatoms. The van der Waals surface area contributed by atoms with E-state index >= 15 is 0 Å². The first-order chi connectivity index (χ1) is 28.1. The van der Waals surface area contributed by atoms with Crippen LogP contribution >= 0.6 is 11.8 Å². The molecule has 344 valence electrons. The summed E-state index contributed by atoms with van der Waals surface area (Å²) >= 11 is 0.893. The second kappa shape index (κ2) is 23.9. The minimum absolute atomic E-state index is 0.00954. The molecular formula is C34H59NO23S. The van der Waals surface area contributed by atoms with Crippen molar-refractivity contribution >= 4 is 22.8 Å². The molecule has 0 radical (unpaired) electrons. The lowest BCUT2D eigenvalue weighted by Gasteiger charge is -2.49. The number of thioether (sulfide) groups is 1. The van der Waals surface area contributed by atoms with Crippen molar-refractivity contribution in [2.24, 2.45) is 0 Å². The quantitative estimate of drug-likeness (QED) is 0.0505. The van der Waals surface area contributed by atoms with Crippen LogP contribution in [-0.2, 0) is 47.5 Å². The molecule has 0 spiro atoms. The molecule has 4 aliphatic heterocycles. The summed E-state index contributed by atoms with van der Waals surface area (Å²) in [6.07, 6.45) is -33.3. The van der Waals surface area contributed by atoms with Gasteiger partial charge in [0.2, 0.25) is 5.91 Å². The number of amides is 1. The number of unbranched alkanes of at least 4 members (excludes halogenated alkanes) is 3. The highest BCUT2D eigenvalue weighted by Gasteiger charge is 2.56. The molecule has 4 rings (SSSR count). The molecular weight excluding hydrogens is 822 g/mol. The fourth-order valence-electron chi connectivity index (χ4n) is 6.85. The summed E-state index contributed by atoms with van der Waals surface area (Å²) in [6, 6.07) is 0. The van der Waals surface area contributed by atoms with E-state index in [1.165, 1.54) is 6.92 Å². The molecule has 24 nitrogen and oxygen atoms in total. The summed E-state index contributed by atoms with van der Waals surface area (Å²) in [4.78, 5) is 22.9. The number of aliphatic hydroxyl groups is 13. The van der Waals surface area contributed by atoms with Gasteiger partial charge in [0.1, 0.15) is 97.7 Å². The molecule has 0 aromatic carbocycles. The Morgan fingerprint density at radius 1 is 0.508 bits per heavy atom. The summed E-state index contributed by atoms with van der Waals surface area (Å²) < 4.78 is 46.1.